The summed E-state index contributed by atoms with van der Waals surface area (Å²) in [6, 6.07) is 5.41. The second kappa shape index (κ2) is 6.78. The predicted octanol–water partition coefficient (Wildman–Crippen LogP) is 4.24. The fraction of sp³-hybridized carbons (Fsp3) is 0.571. The third kappa shape index (κ3) is 3.87. The maximum Gasteiger partial charge on any atom is 0.129 e. The van der Waals surface area contributed by atoms with Crippen LogP contribution in [0, 0.1) is 5.82 Å². The molecule has 0 spiro atoms. The molecule has 1 aromatic carbocycles. The van der Waals surface area contributed by atoms with E-state index in [2.05, 4.69) is 11.6 Å². The van der Waals surface area contributed by atoms with Crippen molar-refractivity contribution in [3.05, 3.63) is 34.6 Å². The standard InChI is InChI=1S/C14H19ClFNS/c1-18-13-4-2-3-12(8-13)17-9-10-5-6-11(15)7-14(10)16/h5-7,12-13,17H,2-4,8-9H2,1H3. The summed E-state index contributed by atoms with van der Waals surface area (Å²) in [4.78, 5) is 0. The highest BCUT2D eigenvalue weighted by Gasteiger charge is 2.20. The summed E-state index contributed by atoms with van der Waals surface area (Å²) in [6.07, 6.45) is 7.15. The van der Waals surface area contributed by atoms with Crippen LogP contribution >= 0.6 is 23.4 Å². The van der Waals surface area contributed by atoms with Gasteiger partial charge in [-0.2, -0.15) is 11.8 Å². The van der Waals surface area contributed by atoms with Crippen LogP contribution in [0.15, 0.2) is 18.2 Å². The van der Waals surface area contributed by atoms with E-state index in [0.29, 0.717) is 23.2 Å². The second-order valence-electron chi connectivity index (χ2n) is 4.84. The Morgan fingerprint density at radius 2 is 2.28 bits per heavy atom. The summed E-state index contributed by atoms with van der Waals surface area (Å²) >= 11 is 7.69. The predicted molar refractivity (Wildman–Crippen MR) is 77.8 cm³/mol. The number of thioether (sulfide) groups is 1. The molecule has 1 aliphatic carbocycles. The van der Waals surface area contributed by atoms with E-state index in [0.717, 1.165) is 5.25 Å². The highest BCUT2D eigenvalue weighted by Crippen LogP contribution is 2.27. The first-order chi connectivity index (χ1) is 8.69. The number of benzene rings is 1. The summed E-state index contributed by atoms with van der Waals surface area (Å²) in [7, 11) is 0. The van der Waals surface area contributed by atoms with E-state index >= 15 is 0 Å². The van der Waals surface area contributed by atoms with E-state index in [1.807, 2.05) is 11.8 Å². The summed E-state index contributed by atoms with van der Waals surface area (Å²) in [5.41, 5.74) is 0.700. The van der Waals surface area contributed by atoms with Crippen molar-refractivity contribution >= 4 is 23.4 Å². The first-order valence-corrected chi connectivity index (χ1v) is 8.05. The Hall–Kier alpha value is -0.250. The average molecular weight is 288 g/mol. The van der Waals surface area contributed by atoms with E-state index in [1.54, 1.807) is 12.1 Å². The molecule has 1 fully saturated rings. The van der Waals surface area contributed by atoms with Crippen LogP contribution in [0.25, 0.3) is 0 Å². The lowest BCUT2D eigenvalue weighted by Gasteiger charge is -2.28. The number of hydrogen-bond acceptors (Lipinski definition) is 2. The van der Waals surface area contributed by atoms with Gasteiger partial charge < -0.3 is 5.32 Å². The molecule has 2 rings (SSSR count). The fourth-order valence-corrected chi connectivity index (χ4v) is 3.45. The van der Waals surface area contributed by atoms with Crippen LogP contribution in [0.5, 0.6) is 0 Å². The third-order valence-corrected chi connectivity index (χ3v) is 4.89. The highest BCUT2D eigenvalue weighted by molar-refractivity contribution is 7.99. The lowest BCUT2D eigenvalue weighted by Crippen LogP contribution is -2.34. The average Bonchev–Trinajstić information content (AvgIpc) is 2.38. The Bertz CT molecular complexity index is 399. The first kappa shape index (κ1) is 14.2. The zero-order valence-electron chi connectivity index (χ0n) is 10.6. The van der Waals surface area contributed by atoms with Crippen LogP contribution in [-0.4, -0.2) is 17.5 Å². The maximum atomic E-state index is 13.6. The largest absolute Gasteiger partial charge is 0.310 e. The van der Waals surface area contributed by atoms with Crippen molar-refractivity contribution in [3.63, 3.8) is 0 Å². The number of rotatable bonds is 4. The van der Waals surface area contributed by atoms with Gasteiger partial charge in [0.15, 0.2) is 0 Å². The minimum Gasteiger partial charge on any atom is -0.310 e. The van der Waals surface area contributed by atoms with Gasteiger partial charge in [-0.05, 0) is 37.7 Å². The smallest absolute Gasteiger partial charge is 0.129 e. The van der Waals surface area contributed by atoms with E-state index in [-0.39, 0.29) is 5.82 Å². The normalized spacial score (nSPS) is 24.2. The van der Waals surface area contributed by atoms with Gasteiger partial charge in [0, 0.05) is 28.4 Å². The van der Waals surface area contributed by atoms with Crippen LogP contribution in [0.3, 0.4) is 0 Å². The van der Waals surface area contributed by atoms with Crippen molar-refractivity contribution in [2.24, 2.45) is 0 Å². The molecule has 18 heavy (non-hydrogen) atoms. The molecular weight excluding hydrogens is 269 g/mol. The Balaban J connectivity index is 1.87. The van der Waals surface area contributed by atoms with E-state index in [1.165, 1.54) is 31.7 Å². The number of halogens is 2. The maximum absolute atomic E-state index is 13.6. The molecule has 0 aliphatic heterocycles. The Labute approximate surface area is 117 Å². The zero-order valence-corrected chi connectivity index (χ0v) is 12.2. The van der Waals surface area contributed by atoms with Crippen molar-refractivity contribution in [1.82, 2.24) is 5.32 Å². The Morgan fingerprint density at radius 3 is 3.00 bits per heavy atom. The number of hydrogen-bond donors (Lipinski definition) is 1. The molecule has 0 radical (unpaired) electrons. The molecule has 1 nitrogen and oxygen atoms in total. The monoisotopic (exact) mass is 287 g/mol. The number of nitrogens with one attached hydrogen (secondary N) is 1. The molecule has 0 bridgehead atoms. The SMILES string of the molecule is CSC1CCCC(NCc2ccc(Cl)cc2F)C1. The van der Waals surface area contributed by atoms with Crippen LogP contribution in [0.4, 0.5) is 4.39 Å². The van der Waals surface area contributed by atoms with Gasteiger partial charge in [0.1, 0.15) is 5.82 Å². The van der Waals surface area contributed by atoms with Crippen LogP contribution < -0.4 is 5.32 Å². The third-order valence-electron chi connectivity index (χ3n) is 3.56. The topological polar surface area (TPSA) is 12.0 Å². The molecule has 0 aromatic heterocycles. The molecule has 1 N–H and O–H groups in total. The van der Waals surface area contributed by atoms with E-state index < -0.39 is 0 Å². The van der Waals surface area contributed by atoms with Crippen LogP contribution in [0.2, 0.25) is 5.02 Å². The first-order valence-electron chi connectivity index (χ1n) is 6.39. The zero-order chi connectivity index (χ0) is 13.0. The molecular formula is C14H19ClFNS. The minimum atomic E-state index is -0.216. The molecule has 1 saturated carbocycles. The van der Waals surface area contributed by atoms with E-state index in [4.69, 9.17) is 11.6 Å². The van der Waals surface area contributed by atoms with Gasteiger partial charge in [-0.3, -0.25) is 0 Å². The van der Waals surface area contributed by atoms with Crippen molar-refractivity contribution < 1.29 is 4.39 Å². The Morgan fingerprint density at radius 1 is 1.44 bits per heavy atom. The molecule has 0 amide bonds. The van der Waals surface area contributed by atoms with Gasteiger partial charge in [-0.15, -0.1) is 0 Å². The lowest BCUT2D eigenvalue weighted by atomic mass is 9.95. The van der Waals surface area contributed by atoms with Crippen molar-refractivity contribution in [2.45, 2.75) is 43.5 Å². The Kier molecular flexibility index (Phi) is 5.34. The lowest BCUT2D eigenvalue weighted by molar-refractivity contribution is 0.377. The second-order valence-corrected chi connectivity index (χ2v) is 6.41. The molecule has 1 aliphatic rings. The quantitative estimate of drug-likeness (QED) is 0.889. The molecule has 2 unspecified atom stereocenters. The summed E-state index contributed by atoms with van der Waals surface area (Å²) in [5, 5.41) is 4.68. The molecule has 2 atom stereocenters. The highest BCUT2D eigenvalue weighted by atomic mass is 35.5. The van der Waals surface area contributed by atoms with Crippen molar-refractivity contribution in [2.75, 3.05) is 6.26 Å². The van der Waals surface area contributed by atoms with Crippen LogP contribution in [0.1, 0.15) is 31.2 Å². The van der Waals surface area contributed by atoms with Gasteiger partial charge in [0.2, 0.25) is 0 Å². The summed E-state index contributed by atoms with van der Waals surface area (Å²) < 4.78 is 13.6. The fourth-order valence-electron chi connectivity index (χ4n) is 2.46. The van der Waals surface area contributed by atoms with Crippen LogP contribution in [-0.2, 0) is 6.54 Å². The van der Waals surface area contributed by atoms with Crippen molar-refractivity contribution in [1.29, 1.82) is 0 Å². The van der Waals surface area contributed by atoms with Crippen molar-refractivity contribution in [3.8, 4) is 0 Å². The van der Waals surface area contributed by atoms with Gasteiger partial charge in [-0.1, -0.05) is 24.1 Å². The molecule has 0 heterocycles. The summed E-state index contributed by atoms with van der Waals surface area (Å²) in [5.74, 6) is -0.216. The molecule has 100 valence electrons. The molecule has 4 heteroatoms. The molecule has 0 saturated heterocycles. The van der Waals surface area contributed by atoms with Gasteiger partial charge in [-0.25, -0.2) is 4.39 Å². The van der Waals surface area contributed by atoms with Gasteiger partial charge in [0.25, 0.3) is 0 Å². The molecule has 1 aromatic rings. The summed E-state index contributed by atoms with van der Waals surface area (Å²) in [6.45, 7) is 0.592. The van der Waals surface area contributed by atoms with Gasteiger partial charge in [0.05, 0.1) is 0 Å². The minimum absolute atomic E-state index is 0.216. The van der Waals surface area contributed by atoms with E-state index in [9.17, 15) is 4.39 Å². The van der Waals surface area contributed by atoms with Gasteiger partial charge >= 0.3 is 0 Å².